The molecule has 1 aromatic rings. The lowest BCUT2D eigenvalue weighted by Gasteiger charge is -2.36. The van der Waals surface area contributed by atoms with E-state index in [0.717, 1.165) is 23.8 Å². The number of aromatic nitrogens is 2. The quantitative estimate of drug-likeness (QED) is 0.744. The molecule has 118 valence electrons. The molecule has 0 N–H and O–H groups in total. The monoisotopic (exact) mass is 309 g/mol. The molecule has 1 fully saturated rings. The Bertz CT molecular complexity index is 488. The Balaban J connectivity index is 2.42. The van der Waals surface area contributed by atoms with E-state index in [-0.39, 0.29) is 5.41 Å². The van der Waals surface area contributed by atoms with E-state index in [1.807, 2.05) is 6.92 Å². The van der Waals surface area contributed by atoms with Crippen LogP contribution in [-0.4, -0.2) is 22.6 Å². The number of halogens is 1. The Labute approximate surface area is 134 Å². The van der Waals surface area contributed by atoms with E-state index in [1.165, 1.54) is 32.1 Å². The van der Waals surface area contributed by atoms with E-state index in [4.69, 9.17) is 16.6 Å². The van der Waals surface area contributed by atoms with E-state index >= 15 is 0 Å². The Morgan fingerprint density at radius 2 is 1.76 bits per heavy atom. The molecule has 0 radical (unpaired) electrons. The zero-order valence-corrected chi connectivity index (χ0v) is 14.8. The number of hydrogen-bond donors (Lipinski definition) is 0. The second kappa shape index (κ2) is 6.51. The normalized spacial score (nSPS) is 17.0. The van der Waals surface area contributed by atoms with Crippen LogP contribution in [0.5, 0.6) is 0 Å². The molecule has 2 rings (SSSR count). The molecule has 0 bridgehead atoms. The van der Waals surface area contributed by atoms with E-state index in [9.17, 15) is 0 Å². The summed E-state index contributed by atoms with van der Waals surface area (Å²) in [4.78, 5) is 11.8. The first-order chi connectivity index (χ1) is 9.84. The Hall–Kier alpha value is -0.830. The molecule has 0 amide bonds. The van der Waals surface area contributed by atoms with Gasteiger partial charge in [-0.05, 0) is 26.7 Å². The first-order valence-corrected chi connectivity index (χ1v) is 8.53. The highest BCUT2D eigenvalue weighted by atomic mass is 35.5. The molecule has 0 aliphatic heterocycles. The van der Waals surface area contributed by atoms with Crippen LogP contribution in [0.1, 0.15) is 71.2 Å². The van der Waals surface area contributed by atoms with Gasteiger partial charge < -0.3 is 4.90 Å². The SMILES string of the molecule is CCN(c1nc(C(C)(C)C)nc(Cl)c1C)C1CCCCC1. The van der Waals surface area contributed by atoms with Gasteiger partial charge in [0.15, 0.2) is 0 Å². The number of anilines is 1. The van der Waals surface area contributed by atoms with E-state index in [0.29, 0.717) is 11.2 Å². The molecule has 0 aromatic carbocycles. The third-order valence-electron chi connectivity index (χ3n) is 4.36. The van der Waals surface area contributed by atoms with Gasteiger partial charge in [0.1, 0.15) is 16.8 Å². The van der Waals surface area contributed by atoms with Crippen LogP contribution < -0.4 is 4.90 Å². The lowest BCUT2D eigenvalue weighted by atomic mass is 9.93. The topological polar surface area (TPSA) is 29.0 Å². The van der Waals surface area contributed by atoms with Crippen molar-refractivity contribution in [2.75, 3.05) is 11.4 Å². The Morgan fingerprint density at radius 3 is 2.29 bits per heavy atom. The fourth-order valence-electron chi connectivity index (χ4n) is 3.07. The second-order valence-electron chi connectivity index (χ2n) is 7.11. The van der Waals surface area contributed by atoms with E-state index < -0.39 is 0 Å². The highest BCUT2D eigenvalue weighted by molar-refractivity contribution is 6.30. The standard InChI is InChI=1S/C17H28ClN3/c1-6-21(13-10-8-7-9-11-13)15-12(2)14(18)19-16(20-15)17(3,4)5/h13H,6-11H2,1-5H3. The van der Waals surface area contributed by atoms with Crippen LogP contribution in [0.15, 0.2) is 0 Å². The summed E-state index contributed by atoms with van der Waals surface area (Å²) < 4.78 is 0. The molecular formula is C17H28ClN3. The molecule has 1 aromatic heterocycles. The summed E-state index contributed by atoms with van der Waals surface area (Å²) in [7, 11) is 0. The molecule has 1 saturated carbocycles. The van der Waals surface area contributed by atoms with Crippen LogP contribution in [0.2, 0.25) is 5.15 Å². The first kappa shape index (κ1) is 16.5. The Morgan fingerprint density at radius 1 is 1.14 bits per heavy atom. The number of nitrogens with zero attached hydrogens (tertiary/aromatic N) is 3. The molecule has 1 aliphatic carbocycles. The highest BCUT2D eigenvalue weighted by Crippen LogP contribution is 2.32. The predicted octanol–water partition coefficient (Wildman–Crippen LogP) is 4.89. The van der Waals surface area contributed by atoms with Crippen LogP contribution in [0.3, 0.4) is 0 Å². The van der Waals surface area contributed by atoms with Crippen molar-refractivity contribution in [3.8, 4) is 0 Å². The van der Waals surface area contributed by atoms with Gasteiger partial charge in [-0.3, -0.25) is 0 Å². The molecule has 4 heteroatoms. The highest BCUT2D eigenvalue weighted by Gasteiger charge is 2.26. The Kier molecular flexibility index (Phi) is 5.13. The third-order valence-corrected chi connectivity index (χ3v) is 4.73. The minimum atomic E-state index is -0.0853. The van der Waals surface area contributed by atoms with Gasteiger partial charge in [-0.15, -0.1) is 0 Å². The van der Waals surface area contributed by atoms with Gasteiger partial charge in [0.25, 0.3) is 0 Å². The summed E-state index contributed by atoms with van der Waals surface area (Å²) in [6, 6.07) is 0.598. The van der Waals surface area contributed by atoms with Gasteiger partial charge in [0, 0.05) is 23.6 Å². The second-order valence-corrected chi connectivity index (χ2v) is 7.47. The summed E-state index contributed by atoms with van der Waals surface area (Å²) in [5.74, 6) is 1.87. The fraction of sp³-hybridized carbons (Fsp3) is 0.765. The lowest BCUT2D eigenvalue weighted by Crippen LogP contribution is -2.38. The largest absolute Gasteiger partial charge is 0.354 e. The first-order valence-electron chi connectivity index (χ1n) is 8.16. The van der Waals surface area contributed by atoms with Crippen molar-refractivity contribution in [1.82, 2.24) is 9.97 Å². The minimum Gasteiger partial charge on any atom is -0.354 e. The third kappa shape index (κ3) is 3.68. The molecule has 0 atom stereocenters. The lowest BCUT2D eigenvalue weighted by molar-refractivity contribution is 0.414. The van der Waals surface area contributed by atoms with Crippen LogP contribution in [0.4, 0.5) is 5.82 Å². The maximum absolute atomic E-state index is 6.39. The van der Waals surface area contributed by atoms with Crippen LogP contribution in [-0.2, 0) is 5.41 Å². The van der Waals surface area contributed by atoms with Crippen molar-refractivity contribution in [3.63, 3.8) is 0 Å². The summed E-state index contributed by atoms with van der Waals surface area (Å²) in [5.41, 5.74) is 0.926. The van der Waals surface area contributed by atoms with Crippen molar-refractivity contribution in [2.45, 2.75) is 78.2 Å². The number of rotatable bonds is 3. The molecule has 1 heterocycles. The van der Waals surface area contributed by atoms with Crippen LogP contribution in [0, 0.1) is 6.92 Å². The zero-order valence-electron chi connectivity index (χ0n) is 14.0. The van der Waals surface area contributed by atoms with Crippen LogP contribution in [0.25, 0.3) is 0 Å². The summed E-state index contributed by atoms with van der Waals surface area (Å²) in [5, 5.41) is 0.596. The summed E-state index contributed by atoms with van der Waals surface area (Å²) in [6.45, 7) is 11.6. The summed E-state index contributed by atoms with van der Waals surface area (Å²) in [6.07, 6.45) is 6.54. The molecule has 0 saturated heterocycles. The van der Waals surface area contributed by atoms with Gasteiger partial charge in [0.05, 0.1) is 0 Å². The molecule has 1 aliphatic rings. The maximum Gasteiger partial charge on any atom is 0.137 e. The predicted molar refractivity (Wildman–Crippen MR) is 90.4 cm³/mol. The zero-order chi connectivity index (χ0) is 15.6. The molecular weight excluding hydrogens is 282 g/mol. The van der Waals surface area contributed by atoms with Gasteiger partial charge >= 0.3 is 0 Å². The maximum atomic E-state index is 6.39. The van der Waals surface area contributed by atoms with E-state index in [1.54, 1.807) is 0 Å². The van der Waals surface area contributed by atoms with Gasteiger partial charge in [-0.1, -0.05) is 51.6 Å². The van der Waals surface area contributed by atoms with Gasteiger partial charge in [0.2, 0.25) is 0 Å². The smallest absolute Gasteiger partial charge is 0.137 e. The minimum absolute atomic E-state index is 0.0853. The van der Waals surface area contributed by atoms with Crippen LogP contribution >= 0.6 is 11.6 Å². The van der Waals surface area contributed by atoms with Crippen molar-refractivity contribution < 1.29 is 0 Å². The van der Waals surface area contributed by atoms with E-state index in [2.05, 4.69) is 37.6 Å². The summed E-state index contributed by atoms with van der Waals surface area (Å²) >= 11 is 6.39. The number of hydrogen-bond acceptors (Lipinski definition) is 3. The molecule has 3 nitrogen and oxygen atoms in total. The van der Waals surface area contributed by atoms with Crippen molar-refractivity contribution in [2.24, 2.45) is 0 Å². The average Bonchev–Trinajstić information content (AvgIpc) is 2.44. The fourth-order valence-corrected chi connectivity index (χ4v) is 3.23. The van der Waals surface area contributed by atoms with Gasteiger partial charge in [-0.2, -0.15) is 0 Å². The molecule has 21 heavy (non-hydrogen) atoms. The van der Waals surface area contributed by atoms with Crippen molar-refractivity contribution in [1.29, 1.82) is 0 Å². The van der Waals surface area contributed by atoms with Crippen molar-refractivity contribution >= 4 is 17.4 Å². The van der Waals surface area contributed by atoms with Gasteiger partial charge in [-0.25, -0.2) is 9.97 Å². The van der Waals surface area contributed by atoms with Crippen molar-refractivity contribution in [3.05, 3.63) is 16.5 Å². The molecule has 0 spiro atoms. The molecule has 0 unspecified atom stereocenters. The average molecular weight is 310 g/mol.